The molecule has 1 amide bonds. The van der Waals surface area contributed by atoms with Gasteiger partial charge in [0.25, 0.3) is 5.91 Å². The Morgan fingerprint density at radius 2 is 2.00 bits per heavy atom. The molecule has 1 aliphatic heterocycles. The minimum absolute atomic E-state index is 0.224. The molecule has 0 atom stereocenters. The molecule has 0 bridgehead atoms. The van der Waals surface area contributed by atoms with Crippen LogP contribution in [-0.4, -0.2) is 40.8 Å². The van der Waals surface area contributed by atoms with E-state index in [9.17, 15) is 9.18 Å². The topological polar surface area (TPSA) is 54.3 Å². The summed E-state index contributed by atoms with van der Waals surface area (Å²) in [6.45, 7) is 1.14. The van der Waals surface area contributed by atoms with Gasteiger partial charge in [-0.15, -0.1) is 0 Å². The van der Waals surface area contributed by atoms with Crippen LogP contribution in [0.2, 0.25) is 0 Å². The van der Waals surface area contributed by atoms with Crippen molar-refractivity contribution in [2.45, 2.75) is 0 Å². The highest BCUT2D eigenvalue weighted by molar-refractivity contribution is 6.10. The van der Waals surface area contributed by atoms with Crippen LogP contribution in [0.1, 0.15) is 10.4 Å². The van der Waals surface area contributed by atoms with E-state index in [1.54, 1.807) is 52.4 Å². The number of halogens is 1. The van der Waals surface area contributed by atoms with Crippen molar-refractivity contribution in [2.24, 2.45) is 0 Å². The molecule has 0 radical (unpaired) electrons. The van der Waals surface area contributed by atoms with Gasteiger partial charge < -0.3 is 9.80 Å². The van der Waals surface area contributed by atoms with Gasteiger partial charge in [0, 0.05) is 38.7 Å². The third kappa shape index (κ3) is 2.63. The molecule has 1 aromatic carbocycles. The van der Waals surface area contributed by atoms with E-state index in [2.05, 4.69) is 10.1 Å². The van der Waals surface area contributed by atoms with Gasteiger partial charge in [-0.1, -0.05) is 0 Å². The molecule has 0 spiro atoms. The van der Waals surface area contributed by atoms with E-state index >= 15 is 0 Å². The minimum atomic E-state index is -0.370. The lowest BCUT2D eigenvalue weighted by Gasteiger charge is -2.35. The number of carbonyl (C=O) groups excluding carboxylic acids is 1. The Morgan fingerprint density at radius 3 is 2.80 bits per heavy atom. The average Bonchev–Trinajstić information content (AvgIpc) is 3.16. The summed E-state index contributed by atoms with van der Waals surface area (Å²) >= 11 is 0. The van der Waals surface area contributed by atoms with E-state index in [0.29, 0.717) is 30.2 Å². The fraction of sp³-hybridized carbons (Fsp3) is 0.167. The molecule has 7 heteroatoms. The summed E-state index contributed by atoms with van der Waals surface area (Å²) < 4.78 is 15.3. The first-order chi connectivity index (χ1) is 12.1. The van der Waals surface area contributed by atoms with Gasteiger partial charge >= 0.3 is 0 Å². The van der Waals surface area contributed by atoms with Gasteiger partial charge in [0.15, 0.2) is 5.82 Å². The molecule has 6 nitrogen and oxygen atoms in total. The number of likely N-dealkylation sites (N-methyl/N-ethyl adjacent to an activating group) is 1. The van der Waals surface area contributed by atoms with Crippen LogP contribution in [0.15, 0.2) is 55.0 Å². The summed E-state index contributed by atoms with van der Waals surface area (Å²) in [5, 5.41) is 4.16. The first-order valence-electron chi connectivity index (χ1n) is 7.93. The monoisotopic (exact) mass is 337 g/mol. The van der Waals surface area contributed by atoms with Crippen LogP contribution in [-0.2, 0) is 0 Å². The molecular formula is C18H16FN5O. The van der Waals surface area contributed by atoms with Gasteiger partial charge in [0.05, 0.1) is 16.9 Å². The number of benzene rings is 1. The zero-order chi connectivity index (χ0) is 17.4. The van der Waals surface area contributed by atoms with Gasteiger partial charge in [-0.25, -0.2) is 14.1 Å². The van der Waals surface area contributed by atoms with E-state index in [1.807, 2.05) is 11.9 Å². The summed E-state index contributed by atoms with van der Waals surface area (Å²) in [5.74, 6) is -0.140. The number of pyridine rings is 1. The van der Waals surface area contributed by atoms with Crippen LogP contribution in [0, 0.1) is 5.82 Å². The van der Waals surface area contributed by atoms with E-state index < -0.39 is 0 Å². The summed E-state index contributed by atoms with van der Waals surface area (Å²) in [6.07, 6.45) is 4.98. The van der Waals surface area contributed by atoms with Crippen molar-refractivity contribution >= 4 is 17.3 Å². The zero-order valence-corrected chi connectivity index (χ0v) is 13.6. The molecule has 4 rings (SSSR count). The maximum absolute atomic E-state index is 13.8. The molecule has 0 N–H and O–H groups in total. The summed E-state index contributed by atoms with van der Waals surface area (Å²) in [4.78, 5) is 21.1. The molecule has 0 unspecified atom stereocenters. The lowest BCUT2D eigenvalue weighted by atomic mass is 10.1. The van der Waals surface area contributed by atoms with Gasteiger partial charge in [0.2, 0.25) is 0 Å². The number of amides is 1. The van der Waals surface area contributed by atoms with Crippen molar-refractivity contribution in [1.82, 2.24) is 14.8 Å². The Balaban J connectivity index is 1.79. The van der Waals surface area contributed by atoms with Crippen LogP contribution in [0.3, 0.4) is 0 Å². The molecule has 0 saturated carbocycles. The highest BCUT2D eigenvalue weighted by Gasteiger charge is 2.28. The standard InChI is InChI=1S/C18H16FN5O/c1-22-10-11-23(16-12-13(19)5-6-15(16)22)18(25)14-4-2-7-20-17(14)24-9-3-8-21-24/h2-9,12H,10-11H2,1H3. The molecule has 126 valence electrons. The molecular weight excluding hydrogens is 321 g/mol. The molecule has 0 fully saturated rings. The molecule has 25 heavy (non-hydrogen) atoms. The van der Waals surface area contributed by atoms with Crippen LogP contribution in [0.25, 0.3) is 5.82 Å². The zero-order valence-electron chi connectivity index (χ0n) is 13.6. The summed E-state index contributed by atoms with van der Waals surface area (Å²) in [5.41, 5.74) is 1.81. The van der Waals surface area contributed by atoms with Gasteiger partial charge in [0.1, 0.15) is 5.82 Å². The normalized spacial score (nSPS) is 13.7. The molecule has 0 saturated heterocycles. The second kappa shape index (κ2) is 6.01. The van der Waals surface area contributed by atoms with E-state index in [1.165, 1.54) is 12.1 Å². The van der Waals surface area contributed by atoms with Crippen molar-refractivity contribution in [3.63, 3.8) is 0 Å². The predicted octanol–water partition coefficient (Wildman–Crippen LogP) is 2.50. The Bertz CT molecular complexity index is 925. The number of aromatic nitrogens is 3. The van der Waals surface area contributed by atoms with Crippen LogP contribution >= 0.6 is 0 Å². The number of carbonyl (C=O) groups is 1. The Kier molecular flexibility index (Phi) is 3.68. The van der Waals surface area contributed by atoms with Crippen molar-refractivity contribution < 1.29 is 9.18 Å². The lowest BCUT2D eigenvalue weighted by molar-refractivity contribution is 0.0986. The minimum Gasteiger partial charge on any atom is -0.371 e. The molecule has 2 aromatic heterocycles. The van der Waals surface area contributed by atoms with Gasteiger partial charge in [-0.05, 0) is 36.4 Å². The number of rotatable bonds is 2. The van der Waals surface area contributed by atoms with E-state index in [0.717, 1.165) is 5.69 Å². The smallest absolute Gasteiger partial charge is 0.262 e. The first kappa shape index (κ1) is 15.3. The Hall–Kier alpha value is -3.22. The van der Waals surface area contributed by atoms with Crippen LogP contribution in [0.4, 0.5) is 15.8 Å². The first-order valence-corrected chi connectivity index (χ1v) is 7.93. The SMILES string of the molecule is CN1CCN(C(=O)c2cccnc2-n2cccn2)c2cc(F)ccc21. The fourth-order valence-electron chi connectivity index (χ4n) is 3.02. The molecule has 1 aliphatic rings. The average molecular weight is 337 g/mol. The van der Waals surface area contributed by atoms with E-state index in [4.69, 9.17) is 0 Å². The van der Waals surface area contributed by atoms with Crippen LogP contribution < -0.4 is 9.80 Å². The summed E-state index contributed by atoms with van der Waals surface area (Å²) in [7, 11) is 1.93. The largest absolute Gasteiger partial charge is 0.371 e. The summed E-state index contributed by atoms with van der Waals surface area (Å²) in [6, 6.07) is 9.69. The highest BCUT2D eigenvalue weighted by atomic mass is 19.1. The highest BCUT2D eigenvalue weighted by Crippen LogP contribution is 2.34. The second-order valence-corrected chi connectivity index (χ2v) is 5.84. The second-order valence-electron chi connectivity index (χ2n) is 5.84. The predicted molar refractivity (Wildman–Crippen MR) is 92.7 cm³/mol. The number of hydrogen-bond donors (Lipinski definition) is 0. The number of fused-ring (bicyclic) bond motifs is 1. The molecule has 3 heterocycles. The lowest BCUT2D eigenvalue weighted by Crippen LogP contribution is -2.43. The maximum atomic E-state index is 13.8. The number of anilines is 2. The van der Waals surface area contributed by atoms with E-state index in [-0.39, 0.29) is 11.7 Å². The van der Waals surface area contributed by atoms with Gasteiger partial charge in [-0.3, -0.25) is 4.79 Å². The number of hydrogen-bond acceptors (Lipinski definition) is 4. The van der Waals surface area contributed by atoms with Crippen molar-refractivity contribution in [3.05, 3.63) is 66.4 Å². The van der Waals surface area contributed by atoms with Gasteiger partial charge in [-0.2, -0.15) is 5.10 Å². The van der Waals surface area contributed by atoms with Crippen molar-refractivity contribution in [2.75, 3.05) is 29.9 Å². The Labute approximate surface area is 144 Å². The third-order valence-electron chi connectivity index (χ3n) is 4.28. The van der Waals surface area contributed by atoms with Crippen LogP contribution in [0.5, 0.6) is 0 Å². The fourth-order valence-corrected chi connectivity index (χ4v) is 3.02. The Morgan fingerprint density at radius 1 is 1.12 bits per heavy atom. The van der Waals surface area contributed by atoms with Crippen molar-refractivity contribution in [1.29, 1.82) is 0 Å². The quantitative estimate of drug-likeness (QED) is 0.721. The van der Waals surface area contributed by atoms with Crippen molar-refractivity contribution in [3.8, 4) is 5.82 Å². The molecule has 0 aliphatic carbocycles. The molecule has 3 aromatic rings. The number of nitrogens with zero attached hydrogens (tertiary/aromatic N) is 5. The third-order valence-corrected chi connectivity index (χ3v) is 4.28. The maximum Gasteiger partial charge on any atom is 0.262 e.